The Balaban J connectivity index is 1.57. The number of carbonyl (C=O) groups excluding carboxylic acids is 1. The Morgan fingerprint density at radius 1 is 1.17 bits per heavy atom. The number of nitrogens with one attached hydrogen (secondary N) is 1. The molecule has 3 rings (SSSR count). The average molecular weight is 343 g/mol. The molecule has 6 heteroatoms. The van der Waals surface area contributed by atoms with Gasteiger partial charge in [-0.15, -0.1) is 0 Å². The molecule has 0 atom stereocenters. The van der Waals surface area contributed by atoms with Gasteiger partial charge in [0.2, 0.25) is 5.88 Å². The second kappa shape index (κ2) is 7.19. The van der Waals surface area contributed by atoms with Crippen LogP contribution in [0.3, 0.4) is 0 Å². The van der Waals surface area contributed by atoms with Crippen molar-refractivity contribution >= 4 is 23.4 Å². The second-order valence-electron chi connectivity index (χ2n) is 5.23. The molecule has 2 aromatic carbocycles. The van der Waals surface area contributed by atoms with E-state index in [9.17, 15) is 4.79 Å². The van der Waals surface area contributed by atoms with Crippen molar-refractivity contribution in [2.24, 2.45) is 0 Å². The van der Waals surface area contributed by atoms with E-state index in [1.807, 2.05) is 43.3 Å². The topological polar surface area (TPSA) is 64.4 Å². The quantitative estimate of drug-likeness (QED) is 0.750. The molecule has 0 aliphatic heterocycles. The van der Waals surface area contributed by atoms with Crippen LogP contribution in [0.5, 0.6) is 5.75 Å². The maximum atomic E-state index is 11.9. The van der Waals surface area contributed by atoms with E-state index in [2.05, 4.69) is 10.5 Å². The fourth-order valence-corrected chi connectivity index (χ4v) is 2.17. The number of anilines is 1. The van der Waals surface area contributed by atoms with Gasteiger partial charge < -0.3 is 9.26 Å². The van der Waals surface area contributed by atoms with Crippen molar-refractivity contribution in [3.8, 4) is 17.0 Å². The van der Waals surface area contributed by atoms with Gasteiger partial charge in [0.25, 0.3) is 5.91 Å². The number of nitrogens with zero attached hydrogens (tertiary/aromatic N) is 1. The van der Waals surface area contributed by atoms with Crippen molar-refractivity contribution in [1.29, 1.82) is 0 Å². The zero-order valence-corrected chi connectivity index (χ0v) is 13.7. The third-order valence-electron chi connectivity index (χ3n) is 3.30. The van der Waals surface area contributed by atoms with Gasteiger partial charge in [0.1, 0.15) is 11.4 Å². The summed E-state index contributed by atoms with van der Waals surface area (Å²) in [6, 6.07) is 16.3. The van der Waals surface area contributed by atoms with Gasteiger partial charge in [0.15, 0.2) is 6.61 Å². The van der Waals surface area contributed by atoms with Crippen LogP contribution in [0.1, 0.15) is 5.56 Å². The molecule has 0 unspecified atom stereocenters. The van der Waals surface area contributed by atoms with Crippen molar-refractivity contribution in [2.45, 2.75) is 6.92 Å². The van der Waals surface area contributed by atoms with E-state index >= 15 is 0 Å². The molecule has 122 valence electrons. The number of benzene rings is 2. The Morgan fingerprint density at radius 2 is 1.88 bits per heavy atom. The molecule has 0 fully saturated rings. The highest BCUT2D eigenvalue weighted by atomic mass is 35.5. The smallest absolute Gasteiger partial charge is 0.264 e. The number of rotatable bonds is 5. The average Bonchev–Trinajstić information content (AvgIpc) is 3.03. The Kier molecular flexibility index (Phi) is 4.82. The van der Waals surface area contributed by atoms with Gasteiger partial charge in [-0.3, -0.25) is 10.1 Å². The minimum atomic E-state index is -0.325. The Labute approximate surface area is 144 Å². The first-order chi connectivity index (χ1) is 11.6. The number of carbonyl (C=O) groups is 1. The molecule has 1 heterocycles. The summed E-state index contributed by atoms with van der Waals surface area (Å²) in [6.07, 6.45) is 0. The van der Waals surface area contributed by atoms with E-state index in [4.69, 9.17) is 20.9 Å². The predicted octanol–water partition coefficient (Wildman–Crippen LogP) is 4.32. The molecule has 1 aromatic heterocycles. The molecular formula is C18H15ClN2O3. The third kappa shape index (κ3) is 4.14. The SMILES string of the molecule is Cc1ccc(OCC(=O)Nc2cc(-c3ccc(Cl)cc3)no2)cc1. The highest BCUT2D eigenvalue weighted by molar-refractivity contribution is 6.30. The predicted molar refractivity (Wildman–Crippen MR) is 92.3 cm³/mol. The van der Waals surface area contributed by atoms with Crippen molar-refractivity contribution in [3.63, 3.8) is 0 Å². The minimum Gasteiger partial charge on any atom is -0.484 e. The van der Waals surface area contributed by atoms with Crippen LogP contribution in [0.2, 0.25) is 5.02 Å². The van der Waals surface area contributed by atoms with Crippen molar-refractivity contribution in [3.05, 3.63) is 65.2 Å². The van der Waals surface area contributed by atoms with Gasteiger partial charge in [-0.05, 0) is 31.2 Å². The maximum absolute atomic E-state index is 11.9. The molecule has 0 saturated heterocycles. The molecule has 24 heavy (non-hydrogen) atoms. The van der Waals surface area contributed by atoms with Crippen LogP contribution in [0.25, 0.3) is 11.3 Å². The van der Waals surface area contributed by atoms with Crippen LogP contribution in [0, 0.1) is 6.92 Å². The van der Waals surface area contributed by atoms with E-state index in [1.165, 1.54) is 0 Å². The molecular weight excluding hydrogens is 328 g/mol. The van der Waals surface area contributed by atoms with E-state index in [-0.39, 0.29) is 18.4 Å². The molecule has 0 bridgehead atoms. The molecule has 3 aromatic rings. The molecule has 5 nitrogen and oxygen atoms in total. The van der Waals surface area contributed by atoms with Crippen LogP contribution in [0.4, 0.5) is 5.88 Å². The number of ether oxygens (including phenoxy) is 1. The number of aryl methyl sites for hydroxylation is 1. The van der Waals surface area contributed by atoms with Crippen LogP contribution < -0.4 is 10.1 Å². The second-order valence-corrected chi connectivity index (χ2v) is 5.67. The first kappa shape index (κ1) is 16.1. The lowest BCUT2D eigenvalue weighted by Crippen LogP contribution is -2.19. The third-order valence-corrected chi connectivity index (χ3v) is 3.56. The molecule has 0 aliphatic rings. The fraction of sp³-hybridized carbons (Fsp3) is 0.111. The van der Waals surface area contributed by atoms with Gasteiger partial charge in [-0.2, -0.15) is 0 Å². The molecule has 1 N–H and O–H groups in total. The lowest BCUT2D eigenvalue weighted by molar-refractivity contribution is -0.118. The van der Waals surface area contributed by atoms with Crippen molar-refractivity contribution in [2.75, 3.05) is 11.9 Å². The monoisotopic (exact) mass is 342 g/mol. The molecule has 1 amide bonds. The zero-order valence-electron chi connectivity index (χ0n) is 13.0. The summed E-state index contributed by atoms with van der Waals surface area (Å²) in [5.41, 5.74) is 2.59. The summed E-state index contributed by atoms with van der Waals surface area (Å²) >= 11 is 5.85. The first-order valence-corrected chi connectivity index (χ1v) is 7.70. The lowest BCUT2D eigenvalue weighted by Gasteiger charge is -2.05. The summed E-state index contributed by atoms with van der Waals surface area (Å²) in [6.45, 7) is 1.87. The summed E-state index contributed by atoms with van der Waals surface area (Å²) in [5.74, 6) is 0.571. The van der Waals surface area contributed by atoms with Gasteiger partial charge >= 0.3 is 0 Å². The largest absolute Gasteiger partial charge is 0.484 e. The van der Waals surface area contributed by atoms with Gasteiger partial charge in [-0.25, -0.2) is 0 Å². The van der Waals surface area contributed by atoms with Crippen LogP contribution in [-0.2, 0) is 4.79 Å². The molecule has 0 radical (unpaired) electrons. The normalized spacial score (nSPS) is 10.4. The van der Waals surface area contributed by atoms with E-state index in [1.54, 1.807) is 18.2 Å². The number of hydrogen-bond donors (Lipinski definition) is 1. The van der Waals surface area contributed by atoms with Gasteiger partial charge in [-0.1, -0.05) is 46.6 Å². The summed E-state index contributed by atoms with van der Waals surface area (Å²) < 4.78 is 10.5. The van der Waals surface area contributed by atoms with Crippen molar-refractivity contribution in [1.82, 2.24) is 5.16 Å². The molecule has 0 saturated carbocycles. The van der Waals surface area contributed by atoms with Gasteiger partial charge in [0.05, 0.1) is 0 Å². The highest BCUT2D eigenvalue weighted by Gasteiger charge is 2.10. The minimum absolute atomic E-state index is 0.111. The number of amides is 1. The molecule has 0 spiro atoms. The van der Waals surface area contributed by atoms with Crippen LogP contribution in [0.15, 0.2) is 59.1 Å². The summed E-state index contributed by atoms with van der Waals surface area (Å²) in [5, 5.41) is 7.17. The van der Waals surface area contributed by atoms with E-state index < -0.39 is 0 Å². The Bertz CT molecular complexity index is 826. The number of halogens is 1. The maximum Gasteiger partial charge on any atom is 0.264 e. The fourth-order valence-electron chi connectivity index (χ4n) is 2.05. The molecule has 0 aliphatic carbocycles. The first-order valence-electron chi connectivity index (χ1n) is 7.32. The Morgan fingerprint density at radius 3 is 2.58 bits per heavy atom. The highest BCUT2D eigenvalue weighted by Crippen LogP contribution is 2.23. The summed E-state index contributed by atoms with van der Waals surface area (Å²) in [4.78, 5) is 11.9. The van der Waals surface area contributed by atoms with E-state index in [0.717, 1.165) is 11.1 Å². The lowest BCUT2D eigenvalue weighted by atomic mass is 10.1. The van der Waals surface area contributed by atoms with Crippen LogP contribution >= 0.6 is 11.6 Å². The summed E-state index contributed by atoms with van der Waals surface area (Å²) in [7, 11) is 0. The van der Waals surface area contributed by atoms with Crippen LogP contribution in [-0.4, -0.2) is 17.7 Å². The van der Waals surface area contributed by atoms with E-state index in [0.29, 0.717) is 16.5 Å². The zero-order chi connectivity index (χ0) is 16.9. The van der Waals surface area contributed by atoms with Crippen molar-refractivity contribution < 1.29 is 14.1 Å². The Hall–Kier alpha value is -2.79. The number of aromatic nitrogens is 1. The standard InChI is InChI=1S/C18H15ClN2O3/c1-12-2-8-15(9-3-12)23-11-17(22)20-18-10-16(21-24-18)13-4-6-14(19)7-5-13/h2-10H,11H2,1H3,(H,20,22). The van der Waals surface area contributed by atoms with Gasteiger partial charge in [0, 0.05) is 16.7 Å². The number of hydrogen-bond acceptors (Lipinski definition) is 4.